The van der Waals surface area contributed by atoms with Gasteiger partial charge in [-0.3, -0.25) is 0 Å². The van der Waals surface area contributed by atoms with Crippen molar-refractivity contribution in [2.45, 2.75) is 0 Å². The van der Waals surface area contributed by atoms with E-state index in [1.54, 1.807) is 0 Å². The molecule has 0 bridgehead atoms. The molecule has 0 aliphatic heterocycles. The van der Waals surface area contributed by atoms with Gasteiger partial charge < -0.3 is 29.7 Å². The summed E-state index contributed by atoms with van der Waals surface area (Å²) in [5.74, 6) is 0. The molecule has 0 aliphatic carbocycles. The van der Waals surface area contributed by atoms with E-state index in [1.165, 1.54) is 0 Å². The molecule has 0 aromatic carbocycles. The third-order valence-electron chi connectivity index (χ3n) is 0. The van der Waals surface area contributed by atoms with Crippen molar-refractivity contribution in [3.05, 3.63) is 0 Å². The van der Waals surface area contributed by atoms with Gasteiger partial charge in [0.15, 0.2) is 0 Å². The fraction of sp³-hybridized carbons (Fsp3) is 0. The summed E-state index contributed by atoms with van der Waals surface area (Å²) in [4.78, 5) is 24.8. The van der Waals surface area contributed by atoms with Gasteiger partial charge in [-0.2, -0.15) is 0 Å². The van der Waals surface area contributed by atoms with Gasteiger partial charge in [0.25, 0.3) is 0 Å². The minimum atomic E-state index is -0.500. The Bertz CT molecular complexity index is 54.6. The first-order valence-electron chi connectivity index (χ1n) is 1.41. The molecule has 0 aromatic rings. The van der Waals surface area contributed by atoms with E-state index < -0.39 is 19.4 Å². The minimum Gasteiger partial charge on any atom is -0.554 e. The molecule has 0 spiro atoms. The average molecular weight is 214 g/mol. The molecule has 0 unspecified atom stereocenters. The predicted molar refractivity (Wildman–Crippen MR) is 23.9 cm³/mol. The van der Waals surface area contributed by atoms with Crippen LogP contribution in [0.1, 0.15) is 0 Å². The van der Waals surface area contributed by atoms with Gasteiger partial charge in [0.1, 0.15) is 0 Å². The van der Waals surface area contributed by atoms with E-state index in [-0.39, 0.29) is 89.1 Å². The number of hydrogen-bond donors (Lipinski definition) is 0. The van der Waals surface area contributed by atoms with Crippen LogP contribution in [0.4, 0.5) is 0 Å². The number of carboxylic acid groups (broad SMARTS) is 3. The van der Waals surface area contributed by atoms with Crippen molar-refractivity contribution in [3.63, 3.8) is 0 Å². The van der Waals surface area contributed by atoms with Gasteiger partial charge in [0.2, 0.25) is 0 Å². The first-order valence-corrected chi connectivity index (χ1v) is 1.41. The Kier molecular flexibility index (Phi) is 174. The number of carbonyl (C=O) groups excluding carboxylic acids is 3. The smallest absolute Gasteiger partial charge is 0.554 e. The largest absolute Gasteiger partial charge is 2.00 e. The predicted octanol–water partition coefficient (Wildman–Crippen LogP) is -8.28. The number of rotatable bonds is 0. The van der Waals surface area contributed by atoms with Crippen molar-refractivity contribution < 1.29 is 81.1 Å². The Morgan fingerprint density at radius 1 is 0.727 bits per heavy atom. The second kappa shape index (κ2) is 64.8. The Balaban J connectivity index is -0.0000000150. The molecule has 0 amide bonds. The summed E-state index contributed by atoms with van der Waals surface area (Å²) >= 11 is 0. The molecule has 8 heteroatoms. The molecule has 0 saturated carbocycles. The van der Waals surface area contributed by atoms with Gasteiger partial charge >= 0.3 is 89.1 Å². The SMILES string of the molecule is O=C[O-].O=C[O-].O=C[O-].[Ca+2].[K+]. The molecule has 0 atom stereocenters. The summed E-state index contributed by atoms with van der Waals surface area (Å²) in [7, 11) is 0. The second-order valence-corrected chi connectivity index (χ2v) is 0.289. The van der Waals surface area contributed by atoms with Gasteiger partial charge in [0, 0.05) is 19.4 Å². The van der Waals surface area contributed by atoms with Crippen LogP contribution in [0.2, 0.25) is 0 Å². The Morgan fingerprint density at radius 3 is 0.727 bits per heavy atom. The van der Waals surface area contributed by atoms with Crippen molar-refractivity contribution in [1.82, 2.24) is 0 Å². The molecular formula is C3H3CaKO6. The first kappa shape index (κ1) is 29.5. The van der Waals surface area contributed by atoms with E-state index in [2.05, 4.69) is 0 Å². The Labute approximate surface area is 135 Å². The zero-order valence-electron chi connectivity index (χ0n) is 5.89. The van der Waals surface area contributed by atoms with E-state index in [1.807, 2.05) is 0 Å². The standard InChI is InChI=1S/3CH2O2.Ca.K/c3*2-1-3;;/h3*1H,(H,2,3);;/q;;;+2;+1/p-3. The summed E-state index contributed by atoms with van der Waals surface area (Å²) in [5.41, 5.74) is 0. The number of carbonyl (C=O) groups is 3. The molecule has 0 heterocycles. The third kappa shape index (κ3) is 574. The molecule has 0 aliphatic rings. The summed E-state index contributed by atoms with van der Waals surface area (Å²) < 4.78 is 0. The monoisotopic (exact) mass is 214 g/mol. The zero-order valence-corrected chi connectivity index (χ0v) is 11.2. The summed E-state index contributed by atoms with van der Waals surface area (Å²) in [5, 5.41) is 24.8. The summed E-state index contributed by atoms with van der Waals surface area (Å²) in [6.07, 6.45) is 0. The second-order valence-electron chi connectivity index (χ2n) is 0.289. The van der Waals surface area contributed by atoms with Crippen LogP contribution in [0.15, 0.2) is 0 Å². The fourth-order valence-electron chi connectivity index (χ4n) is 0. The van der Waals surface area contributed by atoms with Crippen LogP contribution < -0.4 is 66.7 Å². The first-order chi connectivity index (χ1) is 4.24. The van der Waals surface area contributed by atoms with Gasteiger partial charge in [-0.05, 0) is 0 Å². The minimum absolute atomic E-state index is 0. The molecule has 6 nitrogen and oxygen atoms in total. The van der Waals surface area contributed by atoms with E-state index in [9.17, 15) is 0 Å². The van der Waals surface area contributed by atoms with Crippen molar-refractivity contribution in [2.24, 2.45) is 0 Å². The Hall–Kier alpha value is 1.31. The molecular weight excluding hydrogens is 211 g/mol. The third-order valence-corrected chi connectivity index (χ3v) is 0. The summed E-state index contributed by atoms with van der Waals surface area (Å²) in [6, 6.07) is 0. The molecule has 0 rings (SSSR count). The van der Waals surface area contributed by atoms with Crippen LogP contribution in [-0.4, -0.2) is 57.2 Å². The maximum atomic E-state index is 8.25. The van der Waals surface area contributed by atoms with Crippen molar-refractivity contribution in [2.75, 3.05) is 0 Å². The van der Waals surface area contributed by atoms with E-state index in [4.69, 9.17) is 29.7 Å². The normalized spacial score (nSPS) is 3.27. The molecule has 11 heavy (non-hydrogen) atoms. The van der Waals surface area contributed by atoms with Crippen LogP contribution in [0.3, 0.4) is 0 Å². The molecule has 0 aromatic heterocycles. The molecule has 0 fully saturated rings. The molecule has 0 N–H and O–H groups in total. The molecule has 0 radical (unpaired) electrons. The average Bonchev–Trinajstić information content (AvgIpc) is 1.70. The van der Waals surface area contributed by atoms with Crippen LogP contribution in [0.5, 0.6) is 0 Å². The fourth-order valence-corrected chi connectivity index (χ4v) is 0. The summed E-state index contributed by atoms with van der Waals surface area (Å²) in [6.45, 7) is -1.50. The van der Waals surface area contributed by atoms with Gasteiger partial charge in [-0.25, -0.2) is 0 Å². The van der Waals surface area contributed by atoms with Crippen LogP contribution >= 0.6 is 0 Å². The Morgan fingerprint density at radius 2 is 0.727 bits per heavy atom. The van der Waals surface area contributed by atoms with Crippen LogP contribution in [0, 0.1) is 0 Å². The zero-order chi connectivity index (χ0) is 8.12. The maximum Gasteiger partial charge on any atom is 2.00 e. The van der Waals surface area contributed by atoms with Crippen molar-refractivity contribution >= 4 is 57.2 Å². The number of hydrogen-bond acceptors (Lipinski definition) is 6. The van der Waals surface area contributed by atoms with Gasteiger partial charge in [-0.1, -0.05) is 0 Å². The molecule has 0 saturated heterocycles. The van der Waals surface area contributed by atoms with E-state index in [0.29, 0.717) is 0 Å². The van der Waals surface area contributed by atoms with Gasteiger partial charge in [-0.15, -0.1) is 0 Å². The van der Waals surface area contributed by atoms with E-state index >= 15 is 0 Å². The maximum absolute atomic E-state index is 8.25. The van der Waals surface area contributed by atoms with Crippen molar-refractivity contribution in [3.8, 4) is 0 Å². The van der Waals surface area contributed by atoms with Gasteiger partial charge in [0.05, 0.1) is 0 Å². The topological polar surface area (TPSA) is 120 Å². The van der Waals surface area contributed by atoms with Crippen molar-refractivity contribution in [1.29, 1.82) is 0 Å². The quantitative estimate of drug-likeness (QED) is 0.291. The van der Waals surface area contributed by atoms with E-state index in [0.717, 1.165) is 0 Å². The van der Waals surface area contributed by atoms with Crippen LogP contribution in [0.25, 0.3) is 0 Å². The molecule has 54 valence electrons. The van der Waals surface area contributed by atoms with Crippen LogP contribution in [-0.2, 0) is 14.4 Å².